The quantitative estimate of drug-likeness (QED) is 0.334. The number of aliphatic imine (C=N–C) groups is 1. The smallest absolute Gasteiger partial charge is 0.357 e. The number of hydrogen-bond acceptors (Lipinski definition) is 3. The summed E-state index contributed by atoms with van der Waals surface area (Å²) < 4.78 is 37.2. The van der Waals surface area contributed by atoms with E-state index >= 15 is 0 Å². The van der Waals surface area contributed by atoms with Gasteiger partial charge in [0.25, 0.3) is 0 Å². The molecule has 0 aliphatic carbocycles. The molecule has 1 aliphatic heterocycles. The Balaban J connectivity index is 0.00000338. The van der Waals surface area contributed by atoms with Crippen molar-refractivity contribution in [1.29, 1.82) is 0 Å². The third kappa shape index (κ3) is 9.40. The summed E-state index contributed by atoms with van der Waals surface area (Å²) in [6, 6.07) is 4.08. The van der Waals surface area contributed by atoms with Crippen molar-refractivity contribution in [2.24, 2.45) is 10.9 Å². The normalized spacial score (nSPS) is 17.0. The van der Waals surface area contributed by atoms with Gasteiger partial charge in [-0.2, -0.15) is 13.2 Å². The summed E-state index contributed by atoms with van der Waals surface area (Å²) in [7, 11) is 0. The van der Waals surface area contributed by atoms with Gasteiger partial charge in [0.1, 0.15) is 0 Å². The number of alkyl halides is 3. The first-order valence-electron chi connectivity index (χ1n) is 8.80. The number of halogens is 4. The van der Waals surface area contributed by atoms with Crippen LogP contribution >= 0.6 is 35.3 Å². The van der Waals surface area contributed by atoms with Crippen LogP contribution in [-0.4, -0.2) is 49.8 Å². The van der Waals surface area contributed by atoms with Gasteiger partial charge < -0.3 is 10.6 Å². The molecule has 150 valence electrons. The SMILES string of the molecule is CCNC(=NCc1cccs1)NCCC1CCN(CC(F)(F)F)CC1.I. The Morgan fingerprint density at radius 3 is 2.62 bits per heavy atom. The van der Waals surface area contributed by atoms with Crippen molar-refractivity contribution in [3.05, 3.63) is 22.4 Å². The fourth-order valence-corrected chi connectivity index (χ4v) is 3.61. The number of hydrogen-bond donors (Lipinski definition) is 2. The third-order valence-corrected chi connectivity index (χ3v) is 5.13. The highest BCUT2D eigenvalue weighted by molar-refractivity contribution is 14.0. The summed E-state index contributed by atoms with van der Waals surface area (Å²) in [5.41, 5.74) is 0. The van der Waals surface area contributed by atoms with Crippen LogP contribution in [0, 0.1) is 5.92 Å². The maximum atomic E-state index is 12.4. The van der Waals surface area contributed by atoms with Gasteiger partial charge in [-0.3, -0.25) is 4.90 Å². The largest absolute Gasteiger partial charge is 0.401 e. The highest BCUT2D eigenvalue weighted by Gasteiger charge is 2.32. The van der Waals surface area contributed by atoms with Crippen LogP contribution in [-0.2, 0) is 6.54 Å². The first-order chi connectivity index (χ1) is 12.0. The van der Waals surface area contributed by atoms with E-state index in [1.165, 1.54) is 9.78 Å². The monoisotopic (exact) mass is 504 g/mol. The molecule has 0 amide bonds. The molecule has 0 aromatic carbocycles. The maximum absolute atomic E-state index is 12.4. The fourth-order valence-electron chi connectivity index (χ4n) is 2.98. The lowest BCUT2D eigenvalue weighted by Gasteiger charge is -2.32. The minimum Gasteiger partial charge on any atom is -0.357 e. The Kier molecular flexibility index (Phi) is 10.9. The van der Waals surface area contributed by atoms with Gasteiger partial charge in [0.15, 0.2) is 5.96 Å². The first kappa shape index (κ1) is 23.5. The van der Waals surface area contributed by atoms with Gasteiger partial charge in [-0.15, -0.1) is 35.3 Å². The van der Waals surface area contributed by atoms with Crippen molar-refractivity contribution in [2.45, 2.75) is 38.9 Å². The fraction of sp³-hybridized carbons (Fsp3) is 0.706. The van der Waals surface area contributed by atoms with E-state index in [0.717, 1.165) is 38.3 Å². The molecule has 1 saturated heterocycles. The predicted molar refractivity (Wildman–Crippen MR) is 112 cm³/mol. The number of likely N-dealkylation sites (tertiary alicyclic amines) is 1. The van der Waals surface area contributed by atoms with Crippen molar-refractivity contribution in [2.75, 3.05) is 32.7 Å². The van der Waals surface area contributed by atoms with Gasteiger partial charge >= 0.3 is 6.18 Å². The Labute approximate surface area is 174 Å². The average Bonchev–Trinajstić information content (AvgIpc) is 3.06. The molecule has 4 nitrogen and oxygen atoms in total. The van der Waals surface area contributed by atoms with Crippen LogP contribution in [0.3, 0.4) is 0 Å². The average molecular weight is 504 g/mol. The first-order valence-corrected chi connectivity index (χ1v) is 9.68. The lowest BCUT2D eigenvalue weighted by molar-refractivity contribution is -0.148. The van der Waals surface area contributed by atoms with E-state index in [1.54, 1.807) is 11.3 Å². The van der Waals surface area contributed by atoms with Crippen LogP contribution in [0.4, 0.5) is 13.2 Å². The zero-order chi connectivity index (χ0) is 18.1. The molecular weight excluding hydrogens is 476 g/mol. The molecular formula is C17H28F3IN4S. The Morgan fingerprint density at radius 2 is 2.04 bits per heavy atom. The van der Waals surface area contributed by atoms with Crippen LogP contribution in [0.2, 0.25) is 0 Å². The second kappa shape index (κ2) is 12.0. The second-order valence-electron chi connectivity index (χ2n) is 6.32. The molecule has 0 atom stereocenters. The Bertz CT molecular complexity index is 515. The molecule has 1 aromatic heterocycles. The zero-order valence-electron chi connectivity index (χ0n) is 15.0. The summed E-state index contributed by atoms with van der Waals surface area (Å²) in [5.74, 6) is 1.28. The molecule has 0 saturated carbocycles. The molecule has 2 heterocycles. The van der Waals surface area contributed by atoms with E-state index in [9.17, 15) is 13.2 Å². The molecule has 1 aromatic rings. The van der Waals surface area contributed by atoms with Gasteiger partial charge in [-0.05, 0) is 56.6 Å². The van der Waals surface area contributed by atoms with Crippen LogP contribution in [0.25, 0.3) is 0 Å². The van der Waals surface area contributed by atoms with Crippen LogP contribution in [0.1, 0.15) is 31.1 Å². The summed E-state index contributed by atoms with van der Waals surface area (Å²) in [6.45, 7) is 4.57. The minimum atomic E-state index is -4.09. The van der Waals surface area contributed by atoms with Crippen LogP contribution < -0.4 is 10.6 Å². The standard InChI is InChI=1S/C17H27F3N4S.HI/c1-2-21-16(23-12-15-4-3-11-25-15)22-8-5-14-6-9-24(10-7-14)13-17(18,19)20;/h3-4,11,14H,2,5-10,12-13H2,1H3,(H2,21,22,23);1H. The Morgan fingerprint density at radius 1 is 1.31 bits per heavy atom. The number of piperidine rings is 1. The van der Waals surface area contributed by atoms with Gasteiger partial charge in [-0.25, -0.2) is 4.99 Å². The third-order valence-electron chi connectivity index (χ3n) is 4.27. The summed E-state index contributed by atoms with van der Waals surface area (Å²) >= 11 is 1.69. The second-order valence-corrected chi connectivity index (χ2v) is 7.36. The van der Waals surface area contributed by atoms with Crippen LogP contribution in [0.5, 0.6) is 0 Å². The molecule has 0 unspecified atom stereocenters. The maximum Gasteiger partial charge on any atom is 0.401 e. The van der Waals surface area contributed by atoms with Gasteiger partial charge in [0.2, 0.25) is 0 Å². The zero-order valence-corrected chi connectivity index (χ0v) is 18.2. The summed E-state index contributed by atoms with van der Waals surface area (Å²) in [6.07, 6.45) is -1.46. The van der Waals surface area contributed by atoms with E-state index in [-0.39, 0.29) is 24.0 Å². The topological polar surface area (TPSA) is 39.7 Å². The van der Waals surface area contributed by atoms with Crippen molar-refractivity contribution in [1.82, 2.24) is 15.5 Å². The molecule has 2 N–H and O–H groups in total. The number of nitrogens with one attached hydrogen (secondary N) is 2. The van der Waals surface area contributed by atoms with Gasteiger partial charge in [-0.1, -0.05) is 6.07 Å². The number of guanidine groups is 1. The van der Waals surface area contributed by atoms with Crippen molar-refractivity contribution in [3.8, 4) is 0 Å². The van der Waals surface area contributed by atoms with E-state index < -0.39 is 12.7 Å². The lowest BCUT2D eigenvalue weighted by Crippen LogP contribution is -2.41. The number of thiophene rings is 1. The highest BCUT2D eigenvalue weighted by Crippen LogP contribution is 2.23. The molecule has 2 rings (SSSR count). The van der Waals surface area contributed by atoms with Crippen molar-refractivity contribution >= 4 is 41.3 Å². The molecule has 0 bridgehead atoms. The summed E-state index contributed by atoms with van der Waals surface area (Å²) in [4.78, 5) is 7.29. The van der Waals surface area contributed by atoms with Crippen LogP contribution in [0.15, 0.2) is 22.5 Å². The molecule has 0 spiro atoms. The van der Waals surface area contributed by atoms with E-state index in [4.69, 9.17) is 0 Å². The molecule has 0 radical (unpaired) electrons. The Hall–Kier alpha value is -0.550. The highest BCUT2D eigenvalue weighted by atomic mass is 127. The molecule has 1 aliphatic rings. The van der Waals surface area contributed by atoms with Gasteiger partial charge in [0, 0.05) is 18.0 Å². The minimum absolute atomic E-state index is 0. The van der Waals surface area contributed by atoms with E-state index in [0.29, 0.717) is 25.6 Å². The van der Waals surface area contributed by atoms with Crippen molar-refractivity contribution < 1.29 is 13.2 Å². The van der Waals surface area contributed by atoms with E-state index in [2.05, 4.69) is 21.7 Å². The number of nitrogens with zero attached hydrogens (tertiary/aromatic N) is 2. The van der Waals surface area contributed by atoms with E-state index in [1.807, 2.05) is 18.4 Å². The molecule has 9 heteroatoms. The lowest BCUT2D eigenvalue weighted by atomic mass is 9.93. The molecule has 1 fully saturated rings. The summed E-state index contributed by atoms with van der Waals surface area (Å²) in [5, 5.41) is 8.59. The predicted octanol–water partition coefficient (Wildman–Crippen LogP) is 4.09. The number of rotatable bonds is 7. The molecule has 26 heavy (non-hydrogen) atoms. The van der Waals surface area contributed by atoms with Gasteiger partial charge in [0.05, 0.1) is 13.1 Å². The van der Waals surface area contributed by atoms with Crippen molar-refractivity contribution in [3.63, 3.8) is 0 Å².